The molecule has 1 fully saturated rings. The lowest BCUT2D eigenvalue weighted by molar-refractivity contribution is -0.141. The molecule has 5 amide bonds. The number of benzene rings is 2. The van der Waals surface area contributed by atoms with E-state index in [1.165, 1.54) is 0 Å². The Morgan fingerprint density at radius 2 is 1.51 bits per heavy atom. The molecule has 1 aromatic heterocycles. The Morgan fingerprint density at radius 3 is 2.13 bits per heavy atom. The molecule has 17 nitrogen and oxygen atoms in total. The first kappa shape index (κ1) is 55.3. The largest absolute Gasteiger partial charge is 0.480 e. The van der Waals surface area contributed by atoms with Crippen LogP contribution in [0.4, 0.5) is 13.2 Å². The summed E-state index contributed by atoms with van der Waals surface area (Å²) in [6.07, 6.45) is 2.59. The molecule has 70 heavy (non-hydrogen) atoms. The maximum atomic E-state index is 15.3. The number of carbonyl (C=O) groups excluding carboxylic acids is 5. The van der Waals surface area contributed by atoms with Crippen molar-refractivity contribution in [3.05, 3.63) is 95.8 Å². The average molecular weight is 1000 g/mol. The lowest BCUT2D eigenvalue weighted by Gasteiger charge is -2.42. The van der Waals surface area contributed by atoms with Crippen LogP contribution in [0.2, 0.25) is 0 Å². The molecular weight excluding hydrogens is 938 g/mol. The highest BCUT2D eigenvalue weighted by Gasteiger charge is 2.40. The molecule has 3 heterocycles. The number of carboxylic acid groups (broad SMARTS) is 1. The molecule has 5 rings (SSSR count). The number of thioether (sulfide) groups is 1. The summed E-state index contributed by atoms with van der Waals surface area (Å²) >= 11 is 1.02. The van der Waals surface area contributed by atoms with Gasteiger partial charge < -0.3 is 49.5 Å². The summed E-state index contributed by atoms with van der Waals surface area (Å²) in [4.78, 5) is 76.9. The summed E-state index contributed by atoms with van der Waals surface area (Å²) in [6.45, 7) is 8.21. The molecule has 0 bridgehead atoms. The molecule has 21 heteroatoms. The quantitative estimate of drug-likeness (QED) is 0.0556. The summed E-state index contributed by atoms with van der Waals surface area (Å²) in [6, 6.07) is 12.5. The van der Waals surface area contributed by atoms with Crippen molar-refractivity contribution in [1.29, 1.82) is 0 Å². The Balaban J connectivity index is 1.06. The van der Waals surface area contributed by atoms with E-state index in [-0.39, 0.29) is 108 Å². The number of carboxylic acids is 1. The minimum Gasteiger partial charge on any atom is -0.480 e. The van der Waals surface area contributed by atoms with Gasteiger partial charge in [-0.25, -0.2) is 18.0 Å². The van der Waals surface area contributed by atoms with Crippen LogP contribution >= 0.6 is 11.8 Å². The molecule has 0 aliphatic carbocycles. The summed E-state index contributed by atoms with van der Waals surface area (Å²) in [7, 11) is 0. The standard InChI is InChI=1S/C49H63F3N6O11S/c1-49(2,3)47(41-23-34(37-24-36(50)9-10-38(37)51)28-56(41)27-33-7-5-4-6-8-33)58(29-35-25-53-26-39(35)52)46(63)32-70-31-40(48(64)65)55-42(59)13-15-66-17-19-68-21-22-69-20-18-67-16-14-54-43(60)30-57-44(61)11-12-45(57)62/h4-12,23-24,28,35,39-40,47,53H,13-22,25-27,29-32H2,1-3H3,(H,54,60)(H,55,59)(H,64,65). The van der Waals surface area contributed by atoms with Gasteiger partial charge in [-0.1, -0.05) is 51.1 Å². The van der Waals surface area contributed by atoms with Crippen molar-refractivity contribution in [2.75, 3.05) is 97.1 Å². The number of ether oxygens (including phenoxy) is 4. The Hall–Kier alpha value is -5.58. The maximum absolute atomic E-state index is 15.3. The van der Waals surface area contributed by atoms with E-state index in [4.69, 9.17) is 18.9 Å². The number of alkyl halides is 1. The van der Waals surface area contributed by atoms with Crippen molar-refractivity contribution < 1.29 is 66.0 Å². The van der Waals surface area contributed by atoms with Crippen LogP contribution in [0.3, 0.4) is 0 Å². The average Bonchev–Trinajstić information content (AvgIpc) is 4.01. The lowest BCUT2D eigenvalue weighted by atomic mass is 9.82. The van der Waals surface area contributed by atoms with Gasteiger partial charge in [0.2, 0.25) is 17.7 Å². The number of imide groups is 1. The van der Waals surface area contributed by atoms with Crippen LogP contribution in [0.5, 0.6) is 0 Å². The van der Waals surface area contributed by atoms with Gasteiger partial charge in [-0.05, 0) is 35.2 Å². The highest BCUT2D eigenvalue weighted by molar-refractivity contribution is 8.00. The third-order valence-electron chi connectivity index (χ3n) is 11.3. The summed E-state index contributed by atoms with van der Waals surface area (Å²) in [5.74, 6) is -5.89. The second-order valence-corrected chi connectivity index (χ2v) is 18.8. The summed E-state index contributed by atoms with van der Waals surface area (Å²) in [5, 5.41) is 18.1. The summed E-state index contributed by atoms with van der Waals surface area (Å²) < 4.78 is 68.7. The molecular formula is C49H63F3N6O11S. The number of aliphatic carboxylic acids is 1. The van der Waals surface area contributed by atoms with E-state index < -0.39 is 70.8 Å². The Bertz CT molecular complexity index is 2240. The third kappa shape index (κ3) is 17.4. The number of aromatic nitrogens is 1. The monoisotopic (exact) mass is 1000 g/mol. The molecule has 4 unspecified atom stereocenters. The van der Waals surface area contributed by atoms with Gasteiger partial charge in [-0.3, -0.25) is 28.9 Å². The fourth-order valence-corrected chi connectivity index (χ4v) is 8.78. The number of carbonyl (C=O) groups is 6. The van der Waals surface area contributed by atoms with Gasteiger partial charge in [0.15, 0.2) is 0 Å². The zero-order valence-corrected chi connectivity index (χ0v) is 40.5. The molecule has 2 aromatic carbocycles. The van der Waals surface area contributed by atoms with Gasteiger partial charge in [-0.2, -0.15) is 0 Å². The van der Waals surface area contributed by atoms with E-state index in [9.17, 15) is 38.3 Å². The molecule has 4 N–H and O–H groups in total. The normalized spacial score (nSPS) is 16.7. The lowest BCUT2D eigenvalue weighted by Crippen LogP contribution is -2.47. The molecule has 0 saturated carbocycles. The molecule has 0 radical (unpaired) electrons. The van der Waals surface area contributed by atoms with Crippen molar-refractivity contribution >= 4 is 47.3 Å². The first-order chi connectivity index (χ1) is 33.5. The second kappa shape index (κ2) is 27.7. The van der Waals surface area contributed by atoms with Gasteiger partial charge in [0.1, 0.15) is 30.4 Å². The van der Waals surface area contributed by atoms with Gasteiger partial charge in [0, 0.05) is 86.0 Å². The predicted octanol–water partition coefficient (Wildman–Crippen LogP) is 3.76. The number of nitrogens with zero attached hydrogens (tertiary/aromatic N) is 3. The molecule has 1 saturated heterocycles. The van der Waals surface area contributed by atoms with E-state index >= 15 is 8.78 Å². The number of amides is 5. The first-order valence-electron chi connectivity index (χ1n) is 23.1. The SMILES string of the molecule is CC(C)(C)C(c1cc(-c2cc(F)ccc2F)cn1Cc1ccccc1)N(CC1CNCC1F)C(=O)CSCC(NC(=O)CCOCCOCCOCCOCCNC(=O)CN1C(=O)C=CC1=O)C(=O)O. The number of hydrogen-bond acceptors (Lipinski definition) is 12. The van der Waals surface area contributed by atoms with Gasteiger partial charge in [0.05, 0.1) is 64.6 Å². The molecule has 4 atom stereocenters. The van der Waals surface area contributed by atoms with Crippen LogP contribution in [0.25, 0.3) is 11.1 Å². The molecule has 3 aromatic rings. The summed E-state index contributed by atoms with van der Waals surface area (Å²) in [5.41, 5.74) is 1.32. The minimum absolute atomic E-state index is 0.00146. The van der Waals surface area contributed by atoms with Crippen molar-refractivity contribution in [2.45, 2.75) is 52.0 Å². The molecule has 2 aliphatic rings. The predicted molar refractivity (Wildman–Crippen MR) is 254 cm³/mol. The van der Waals surface area contributed by atoms with E-state index in [0.717, 1.165) is 52.6 Å². The van der Waals surface area contributed by atoms with Crippen molar-refractivity contribution in [3.8, 4) is 11.1 Å². The number of nitrogens with one attached hydrogen (secondary N) is 3. The Kier molecular flexibility index (Phi) is 21.9. The van der Waals surface area contributed by atoms with Crippen molar-refractivity contribution in [3.63, 3.8) is 0 Å². The van der Waals surface area contributed by atoms with Gasteiger partial charge in [0.25, 0.3) is 11.8 Å². The van der Waals surface area contributed by atoms with Crippen molar-refractivity contribution in [1.82, 2.24) is 30.3 Å². The fraction of sp³-hybridized carbons (Fsp3) is 0.510. The van der Waals surface area contributed by atoms with Gasteiger partial charge in [-0.15, -0.1) is 11.8 Å². The maximum Gasteiger partial charge on any atom is 0.327 e. The first-order valence-corrected chi connectivity index (χ1v) is 24.2. The second-order valence-electron chi connectivity index (χ2n) is 17.8. The molecule has 2 aliphatic heterocycles. The van der Waals surface area contributed by atoms with E-state index in [2.05, 4.69) is 16.0 Å². The Morgan fingerprint density at radius 1 is 0.871 bits per heavy atom. The van der Waals surface area contributed by atoms with Crippen LogP contribution in [0.1, 0.15) is 44.5 Å². The zero-order valence-electron chi connectivity index (χ0n) is 39.7. The molecule has 382 valence electrons. The molecule has 0 spiro atoms. The zero-order chi connectivity index (χ0) is 50.6. The highest BCUT2D eigenvalue weighted by Crippen LogP contribution is 2.42. The van der Waals surface area contributed by atoms with Crippen LogP contribution in [0, 0.1) is 23.0 Å². The number of hydrogen-bond donors (Lipinski definition) is 4. The Labute approximate surface area is 409 Å². The van der Waals surface area contributed by atoms with Crippen LogP contribution < -0.4 is 16.0 Å². The van der Waals surface area contributed by atoms with Crippen LogP contribution in [0.15, 0.2) is 72.9 Å². The minimum atomic E-state index is -1.32. The van der Waals surface area contributed by atoms with Gasteiger partial charge >= 0.3 is 5.97 Å². The smallest absolute Gasteiger partial charge is 0.327 e. The number of halogens is 3. The third-order valence-corrected chi connectivity index (χ3v) is 12.3. The topological polar surface area (TPSA) is 207 Å². The number of rotatable bonds is 30. The fourth-order valence-electron chi connectivity index (χ4n) is 7.86. The van der Waals surface area contributed by atoms with E-state index in [1.54, 1.807) is 17.2 Å². The van der Waals surface area contributed by atoms with E-state index in [1.807, 2.05) is 55.7 Å². The highest BCUT2D eigenvalue weighted by atomic mass is 32.2. The van der Waals surface area contributed by atoms with Crippen LogP contribution in [-0.2, 0) is 54.3 Å². The van der Waals surface area contributed by atoms with Crippen LogP contribution in [-0.4, -0.2) is 164 Å². The van der Waals surface area contributed by atoms with E-state index in [0.29, 0.717) is 24.3 Å². The van der Waals surface area contributed by atoms with Crippen molar-refractivity contribution in [2.24, 2.45) is 11.3 Å².